The molecule has 27 heavy (non-hydrogen) atoms. The number of ether oxygens (including phenoxy) is 1. The molecule has 4 nitrogen and oxygen atoms in total. The molecule has 0 unspecified atom stereocenters. The summed E-state index contributed by atoms with van der Waals surface area (Å²) in [5.41, 5.74) is 2.28. The minimum atomic E-state index is 0.481. The van der Waals surface area contributed by atoms with E-state index in [-0.39, 0.29) is 0 Å². The normalized spacial score (nSPS) is 15.0. The summed E-state index contributed by atoms with van der Waals surface area (Å²) in [6.07, 6.45) is 11.4. The molecule has 144 valence electrons. The van der Waals surface area contributed by atoms with Crippen LogP contribution in [-0.2, 0) is 13.1 Å². The van der Waals surface area contributed by atoms with E-state index in [4.69, 9.17) is 17.0 Å². The Balaban J connectivity index is 1.74. The molecule has 0 radical (unpaired) electrons. The third-order valence-corrected chi connectivity index (χ3v) is 5.50. The van der Waals surface area contributed by atoms with E-state index in [1.165, 1.54) is 38.5 Å². The van der Waals surface area contributed by atoms with Crippen LogP contribution in [-0.4, -0.2) is 28.1 Å². The van der Waals surface area contributed by atoms with Gasteiger partial charge in [0.15, 0.2) is 5.11 Å². The lowest BCUT2D eigenvalue weighted by atomic mass is 10.1. The summed E-state index contributed by atoms with van der Waals surface area (Å²) in [7, 11) is 1.71. The minimum absolute atomic E-state index is 0.481. The molecule has 1 fully saturated rings. The predicted octanol–water partition coefficient (Wildman–Crippen LogP) is 4.69. The first-order valence-corrected chi connectivity index (χ1v) is 10.2. The molecule has 1 aromatic heterocycles. The molecular formula is C22H29N3OS. The highest BCUT2D eigenvalue weighted by Crippen LogP contribution is 2.22. The third-order valence-electron chi connectivity index (χ3n) is 5.12. The van der Waals surface area contributed by atoms with Crippen molar-refractivity contribution in [3.05, 3.63) is 59.9 Å². The number of methoxy groups -OCH3 is 1. The number of pyridine rings is 1. The summed E-state index contributed by atoms with van der Waals surface area (Å²) >= 11 is 5.83. The van der Waals surface area contributed by atoms with E-state index in [0.29, 0.717) is 12.6 Å². The van der Waals surface area contributed by atoms with Crippen molar-refractivity contribution in [3.63, 3.8) is 0 Å². The lowest BCUT2D eigenvalue weighted by Gasteiger charge is -2.29. The van der Waals surface area contributed by atoms with E-state index in [0.717, 1.165) is 28.5 Å². The van der Waals surface area contributed by atoms with Gasteiger partial charge in [-0.1, -0.05) is 49.9 Å². The van der Waals surface area contributed by atoms with Crippen LogP contribution in [0.3, 0.4) is 0 Å². The van der Waals surface area contributed by atoms with Gasteiger partial charge in [-0.15, -0.1) is 0 Å². The number of rotatable bonds is 6. The summed E-state index contributed by atoms with van der Waals surface area (Å²) in [4.78, 5) is 6.47. The van der Waals surface area contributed by atoms with Crippen LogP contribution in [0.2, 0.25) is 0 Å². The summed E-state index contributed by atoms with van der Waals surface area (Å²) in [6, 6.07) is 12.7. The topological polar surface area (TPSA) is 37.4 Å². The quantitative estimate of drug-likeness (QED) is 0.579. The Morgan fingerprint density at radius 2 is 1.89 bits per heavy atom. The van der Waals surface area contributed by atoms with E-state index in [1.54, 1.807) is 13.3 Å². The monoisotopic (exact) mass is 383 g/mol. The molecule has 0 spiro atoms. The van der Waals surface area contributed by atoms with Crippen molar-refractivity contribution in [1.82, 2.24) is 15.2 Å². The van der Waals surface area contributed by atoms with Crippen molar-refractivity contribution >= 4 is 17.3 Å². The van der Waals surface area contributed by atoms with Crippen LogP contribution < -0.4 is 10.1 Å². The molecule has 0 atom stereocenters. The summed E-state index contributed by atoms with van der Waals surface area (Å²) in [6.45, 7) is 1.43. The molecule has 3 rings (SSSR count). The number of nitrogens with one attached hydrogen (secondary N) is 1. The smallest absolute Gasteiger partial charge is 0.169 e. The van der Waals surface area contributed by atoms with E-state index < -0.39 is 0 Å². The number of benzene rings is 1. The molecule has 1 saturated carbocycles. The molecule has 0 bridgehead atoms. The third kappa shape index (κ3) is 5.93. The van der Waals surface area contributed by atoms with Crippen molar-refractivity contribution < 1.29 is 4.74 Å². The molecule has 1 aliphatic rings. The Kier molecular flexibility index (Phi) is 7.45. The zero-order valence-electron chi connectivity index (χ0n) is 16.1. The van der Waals surface area contributed by atoms with Gasteiger partial charge in [0.1, 0.15) is 5.75 Å². The van der Waals surface area contributed by atoms with Gasteiger partial charge in [0.25, 0.3) is 0 Å². The lowest BCUT2D eigenvalue weighted by molar-refractivity contribution is 0.364. The van der Waals surface area contributed by atoms with E-state index in [1.807, 2.05) is 30.5 Å². The highest BCUT2D eigenvalue weighted by Gasteiger charge is 2.18. The molecule has 2 aromatic rings. The second-order valence-electron chi connectivity index (χ2n) is 7.17. The van der Waals surface area contributed by atoms with Gasteiger partial charge in [0.05, 0.1) is 7.11 Å². The minimum Gasteiger partial charge on any atom is -0.496 e. The van der Waals surface area contributed by atoms with Crippen LogP contribution in [0.4, 0.5) is 0 Å². The number of para-hydroxylation sites is 1. The zero-order chi connectivity index (χ0) is 18.9. The lowest BCUT2D eigenvalue weighted by Crippen LogP contribution is -2.44. The molecule has 1 aliphatic carbocycles. The molecule has 1 heterocycles. The fourth-order valence-electron chi connectivity index (χ4n) is 3.64. The molecule has 5 heteroatoms. The van der Waals surface area contributed by atoms with Gasteiger partial charge >= 0.3 is 0 Å². The van der Waals surface area contributed by atoms with Gasteiger partial charge in [-0.05, 0) is 42.8 Å². The molecule has 0 amide bonds. The van der Waals surface area contributed by atoms with Crippen LogP contribution in [0, 0.1) is 0 Å². The van der Waals surface area contributed by atoms with Crippen molar-refractivity contribution in [2.75, 3.05) is 7.11 Å². The Morgan fingerprint density at radius 3 is 2.59 bits per heavy atom. The average molecular weight is 384 g/mol. The SMILES string of the molecule is COc1ccccc1CN(Cc1cccnc1)C(=S)NC1CCCCCC1. The fraction of sp³-hybridized carbons (Fsp3) is 0.455. The van der Waals surface area contributed by atoms with E-state index in [9.17, 15) is 0 Å². The predicted molar refractivity (Wildman–Crippen MR) is 114 cm³/mol. The summed E-state index contributed by atoms with van der Waals surface area (Å²) in [5, 5.41) is 4.45. The van der Waals surface area contributed by atoms with Crippen molar-refractivity contribution in [1.29, 1.82) is 0 Å². The van der Waals surface area contributed by atoms with Crippen LogP contribution in [0.1, 0.15) is 49.7 Å². The van der Waals surface area contributed by atoms with Crippen LogP contribution in [0.15, 0.2) is 48.8 Å². The molecule has 0 aliphatic heterocycles. The summed E-state index contributed by atoms with van der Waals surface area (Å²) in [5.74, 6) is 0.894. The Bertz CT molecular complexity index is 715. The van der Waals surface area contributed by atoms with Gasteiger partial charge < -0.3 is 15.0 Å². The van der Waals surface area contributed by atoms with Gasteiger partial charge in [0, 0.05) is 37.1 Å². The number of aromatic nitrogens is 1. The molecular weight excluding hydrogens is 354 g/mol. The van der Waals surface area contributed by atoms with Crippen LogP contribution in [0.25, 0.3) is 0 Å². The molecule has 1 aromatic carbocycles. The van der Waals surface area contributed by atoms with Crippen molar-refractivity contribution in [2.24, 2.45) is 0 Å². The first-order valence-electron chi connectivity index (χ1n) is 9.82. The van der Waals surface area contributed by atoms with Crippen LogP contribution in [0.5, 0.6) is 5.75 Å². The highest BCUT2D eigenvalue weighted by molar-refractivity contribution is 7.80. The van der Waals surface area contributed by atoms with Gasteiger partial charge in [-0.3, -0.25) is 4.98 Å². The summed E-state index contributed by atoms with van der Waals surface area (Å²) < 4.78 is 5.54. The maximum Gasteiger partial charge on any atom is 0.169 e. The van der Waals surface area contributed by atoms with E-state index >= 15 is 0 Å². The number of hydrogen-bond donors (Lipinski definition) is 1. The Labute approximate surface area is 167 Å². The van der Waals surface area contributed by atoms with E-state index in [2.05, 4.69) is 27.3 Å². The zero-order valence-corrected chi connectivity index (χ0v) is 16.9. The Hall–Kier alpha value is -2.14. The van der Waals surface area contributed by atoms with Gasteiger partial charge in [-0.2, -0.15) is 0 Å². The molecule has 0 saturated heterocycles. The maximum absolute atomic E-state index is 5.83. The largest absolute Gasteiger partial charge is 0.496 e. The number of hydrogen-bond acceptors (Lipinski definition) is 3. The maximum atomic E-state index is 5.83. The van der Waals surface area contributed by atoms with Crippen molar-refractivity contribution in [3.8, 4) is 5.75 Å². The second-order valence-corrected chi connectivity index (χ2v) is 7.55. The number of thiocarbonyl (C=S) groups is 1. The highest BCUT2D eigenvalue weighted by atomic mass is 32.1. The molecule has 1 N–H and O–H groups in total. The second kappa shape index (κ2) is 10.3. The van der Waals surface area contributed by atoms with Crippen molar-refractivity contribution in [2.45, 2.75) is 57.7 Å². The Morgan fingerprint density at radius 1 is 1.11 bits per heavy atom. The van der Waals surface area contributed by atoms with Crippen LogP contribution >= 0.6 is 12.2 Å². The first-order chi connectivity index (χ1) is 13.3. The fourth-order valence-corrected chi connectivity index (χ4v) is 3.94. The average Bonchev–Trinajstić information content (AvgIpc) is 2.97. The first kappa shape index (κ1) is 19.6. The van der Waals surface area contributed by atoms with Gasteiger partial charge in [-0.25, -0.2) is 0 Å². The van der Waals surface area contributed by atoms with Gasteiger partial charge in [0.2, 0.25) is 0 Å². The number of nitrogens with zero attached hydrogens (tertiary/aromatic N) is 2. The standard InChI is InChI=1S/C22H29N3OS/c1-26-21-13-7-6-10-19(21)17-25(16-18-9-8-14-23-15-18)22(27)24-20-11-4-2-3-5-12-20/h6-10,13-15,20H,2-5,11-12,16-17H2,1H3,(H,24,27).